The van der Waals surface area contributed by atoms with E-state index in [0.717, 1.165) is 39.3 Å². The van der Waals surface area contributed by atoms with Gasteiger partial charge >= 0.3 is 0 Å². The fourth-order valence-corrected chi connectivity index (χ4v) is 5.07. The van der Waals surface area contributed by atoms with Gasteiger partial charge in [-0.05, 0) is 53.4 Å². The highest BCUT2D eigenvalue weighted by atomic mass is 35.5. The Balaban J connectivity index is 1.67. The Bertz CT molecular complexity index is 1120. The summed E-state index contributed by atoms with van der Waals surface area (Å²) in [6.45, 7) is 2.13. The standard InChI is InChI=1S/C21H17Cl2N5S/c22-15-4-2-13(3-5-15)19(28-8-1-9-28)16-11-17(14-6-7-24-18(23)10-14)29-20(16)21-25-12-26-27-21/h2-7,10-12,19H,1,8-9H2,(H,25,26,27). The molecule has 146 valence electrons. The molecule has 0 radical (unpaired) electrons. The lowest BCUT2D eigenvalue weighted by Crippen LogP contribution is -2.40. The van der Waals surface area contributed by atoms with Crippen LogP contribution in [0.15, 0.2) is 55.0 Å². The van der Waals surface area contributed by atoms with Crippen molar-refractivity contribution in [3.05, 3.63) is 76.3 Å². The molecular formula is C21H17Cl2N5S. The number of nitrogens with one attached hydrogen (secondary N) is 1. The average molecular weight is 442 g/mol. The van der Waals surface area contributed by atoms with Crippen molar-refractivity contribution in [2.24, 2.45) is 0 Å². The van der Waals surface area contributed by atoms with Crippen molar-refractivity contribution < 1.29 is 0 Å². The molecule has 0 bridgehead atoms. The Morgan fingerprint density at radius 1 is 1.07 bits per heavy atom. The summed E-state index contributed by atoms with van der Waals surface area (Å²) in [5.74, 6) is 0.774. The van der Waals surface area contributed by atoms with Gasteiger partial charge in [0.15, 0.2) is 5.82 Å². The summed E-state index contributed by atoms with van der Waals surface area (Å²) in [7, 11) is 0. The first-order chi connectivity index (χ1) is 14.2. The molecule has 0 spiro atoms. The first kappa shape index (κ1) is 18.8. The Labute approximate surface area is 182 Å². The molecule has 1 atom stereocenters. The summed E-state index contributed by atoms with van der Waals surface area (Å²) in [6.07, 6.45) is 4.55. The van der Waals surface area contributed by atoms with Crippen molar-refractivity contribution in [1.82, 2.24) is 25.1 Å². The zero-order valence-electron chi connectivity index (χ0n) is 15.3. The third-order valence-electron chi connectivity index (χ3n) is 5.14. The first-order valence-corrected chi connectivity index (χ1v) is 10.9. The van der Waals surface area contributed by atoms with E-state index in [0.29, 0.717) is 5.15 Å². The van der Waals surface area contributed by atoms with E-state index >= 15 is 0 Å². The van der Waals surface area contributed by atoms with E-state index in [1.54, 1.807) is 23.9 Å². The van der Waals surface area contributed by atoms with Crippen LogP contribution in [0.1, 0.15) is 23.6 Å². The molecule has 0 saturated carbocycles. The van der Waals surface area contributed by atoms with Crippen molar-refractivity contribution >= 4 is 34.5 Å². The minimum absolute atomic E-state index is 0.128. The fraction of sp³-hybridized carbons (Fsp3) is 0.190. The number of aromatic nitrogens is 4. The quantitative estimate of drug-likeness (QED) is 0.403. The van der Waals surface area contributed by atoms with E-state index in [4.69, 9.17) is 23.2 Å². The minimum Gasteiger partial charge on any atom is -0.327 e. The molecule has 8 heteroatoms. The lowest BCUT2D eigenvalue weighted by Gasteiger charge is -2.39. The second-order valence-electron chi connectivity index (χ2n) is 6.94. The van der Waals surface area contributed by atoms with Gasteiger partial charge in [0.25, 0.3) is 0 Å². The van der Waals surface area contributed by atoms with Crippen molar-refractivity contribution in [2.75, 3.05) is 13.1 Å². The molecule has 1 aliphatic rings. The molecule has 1 aliphatic heterocycles. The van der Waals surface area contributed by atoms with Crippen LogP contribution in [-0.4, -0.2) is 38.2 Å². The summed E-state index contributed by atoms with van der Waals surface area (Å²) in [5.41, 5.74) is 3.46. The van der Waals surface area contributed by atoms with Gasteiger partial charge in [0.05, 0.1) is 10.9 Å². The Morgan fingerprint density at radius 2 is 1.90 bits per heavy atom. The van der Waals surface area contributed by atoms with Crippen LogP contribution in [0.4, 0.5) is 0 Å². The molecule has 4 aromatic rings. The van der Waals surface area contributed by atoms with Gasteiger partial charge in [-0.15, -0.1) is 21.5 Å². The van der Waals surface area contributed by atoms with Crippen LogP contribution in [0.5, 0.6) is 0 Å². The highest BCUT2D eigenvalue weighted by Crippen LogP contribution is 2.44. The largest absolute Gasteiger partial charge is 0.327 e. The Hall–Kier alpha value is -2.25. The predicted molar refractivity (Wildman–Crippen MR) is 117 cm³/mol. The molecule has 1 unspecified atom stereocenters. The van der Waals surface area contributed by atoms with Gasteiger partial charge < -0.3 is 4.98 Å². The summed E-state index contributed by atoms with van der Waals surface area (Å²) >= 11 is 14.0. The van der Waals surface area contributed by atoms with Crippen molar-refractivity contribution in [2.45, 2.75) is 12.5 Å². The monoisotopic (exact) mass is 441 g/mol. The molecular weight excluding hydrogens is 425 g/mol. The van der Waals surface area contributed by atoms with Crippen LogP contribution in [-0.2, 0) is 0 Å². The lowest BCUT2D eigenvalue weighted by atomic mass is 9.94. The topological polar surface area (TPSA) is 57.7 Å². The number of thiophene rings is 1. The smallest absolute Gasteiger partial charge is 0.171 e. The van der Waals surface area contributed by atoms with Gasteiger partial charge in [-0.25, -0.2) is 4.98 Å². The van der Waals surface area contributed by atoms with Gasteiger partial charge in [-0.1, -0.05) is 35.3 Å². The number of halogens is 2. The number of benzene rings is 1. The predicted octanol–water partition coefficient (Wildman–Crippen LogP) is 5.70. The number of H-pyrrole nitrogens is 1. The van der Waals surface area contributed by atoms with E-state index in [9.17, 15) is 0 Å². The van der Waals surface area contributed by atoms with E-state index < -0.39 is 0 Å². The van der Waals surface area contributed by atoms with Crippen LogP contribution in [0.3, 0.4) is 0 Å². The average Bonchev–Trinajstić information content (AvgIpc) is 3.35. The number of hydrogen-bond acceptors (Lipinski definition) is 5. The minimum atomic E-state index is 0.128. The summed E-state index contributed by atoms with van der Waals surface area (Å²) in [4.78, 5) is 12.0. The second kappa shape index (κ2) is 7.88. The maximum Gasteiger partial charge on any atom is 0.171 e. The van der Waals surface area contributed by atoms with Crippen LogP contribution < -0.4 is 0 Å². The molecule has 29 heavy (non-hydrogen) atoms. The maximum absolute atomic E-state index is 6.15. The van der Waals surface area contributed by atoms with E-state index in [1.165, 1.54) is 17.5 Å². The number of aromatic amines is 1. The molecule has 1 saturated heterocycles. The highest BCUT2D eigenvalue weighted by molar-refractivity contribution is 7.19. The van der Waals surface area contributed by atoms with Crippen molar-refractivity contribution in [3.63, 3.8) is 0 Å². The zero-order valence-corrected chi connectivity index (χ0v) is 17.7. The van der Waals surface area contributed by atoms with E-state index in [-0.39, 0.29) is 6.04 Å². The Morgan fingerprint density at radius 3 is 2.55 bits per heavy atom. The van der Waals surface area contributed by atoms with Crippen molar-refractivity contribution in [1.29, 1.82) is 0 Å². The summed E-state index contributed by atoms with van der Waals surface area (Å²) in [5, 5.41) is 9.51. The van der Waals surface area contributed by atoms with E-state index in [2.05, 4.69) is 43.3 Å². The van der Waals surface area contributed by atoms with E-state index in [1.807, 2.05) is 24.3 Å². The van der Waals surface area contributed by atoms with Crippen molar-refractivity contribution in [3.8, 4) is 21.1 Å². The number of nitrogens with zero attached hydrogens (tertiary/aromatic N) is 4. The zero-order chi connectivity index (χ0) is 19.8. The second-order valence-corrected chi connectivity index (χ2v) is 8.82. The molecule has 1 aromatic carbocycles. The van der Waals surface area contributed by atoms with Gasteiger partial charge in [0, 0.05) is 29.2 Å². The first-order valence-electron chi connectivity index (χ1n) is 9.30. The van der Waals surface area contributed by atoms with Crippen LogP contribution in [0.2, 0.25) is 10.2 Å². The Kier molecular flexibility index (Phi) is 5.09. The van der Waals surface area contributed by atoms with Gasteiger partial charge in [0.2, 0.25) is 0 Å². The summed E-state index contributed by atoms with van der Waals surface area (Å²) < 4.78 is 0. The van der Waals surface area contributed by atoms with Gasteiger partial charge in [-0.3, -0.25) is 4.90 Å². The molecule has 5 rings (SSSR count). The third kappa shape index (κ3) is 3.69. The molecule has 0 aliphatic carbocycles. The number of rotatable bonds is 5. The molecule has 5 nitrogen and oxygen atoms in total. The molecule has 4 heterocycles. The van der Waals surface area contributed by atoms with Gasteiger partial charge in [-0.2, -0.15) is 0 Å². The van der Waals surface area contributed by atoms with Crippen LogP contribution >= 0.6 is 34.5 Å². The number of pyridine rings is 1. The van der Waals surface area contributed by atoms with Gasteiger partial charge in [0.1, 0.15) is 11.5 Å². The third-order valence-corrected chi connectivity index (χ3v) is 6.81. The highest BCUT2D eigenvalue weighted by Gasteiger charge is 2.31. The van der Waals surface area contributed by atoms with Crippen LogP contribution in [0, 0.1) is 0 Å². The molecule has 0 amide bonds. The maximum atomic E-state index is 6.15. The SMILES string of the molecule is Clc1ccc(C(c2cc(-c3ccnc(Cl)c3)sc2-c2nnc[nH]2)N2CCC2)cc1. The molecule has 1 fully saturated rings. The van der Waals surface area contributed by atoms with Crippen LogP contribution in [0.25, 0.3) is 21.1 Å². The fourth-order valence-electron chi connectivity index (χ4n) is 3.64. The molecule has 3 aromatic heterocycles. The normalized spacial score (nSPS) is 15.2. The molecule has 1 N–H and O–H groups in total. The lowest BCUT2D eigenvalue weighted by molar-refractivity contribution is 0.141. The number of hydrogen-bond donors (Lipinski definition) is 1. The summed E-state index contributed by atoms with van der Waals surface area (Å²) in [6, 6.07) is 14.4. The number of likely N-dealkylation sites (tertiary alicyclic amines) is 1.